The zero-order valence-electron chi connectivity index (χ0n) is 43.1. The molecule has 1 saturated carbocycles. The molecular weight excluding hydrogens is 953 g/mol. The molecule has 0 radical (unpaired) electrons. The van der Waals surface area contributed by atoms with Crippen LogP contribution in [0.4, 0.5) is 4.79 Å². The third kappa shape index (κ3) is 11.7. The molecule has 0 bridgehead atoms. The van der Waals surface area contributed by atoms with Crippen molar-refractivity contribution in [1.29, 1.82) is 0 Å². The average molecular weight is 1020 g/mol. The van der Waals surface area contributed by atoms with E-state index in [2.05, 4.69) is 67.3 Å². The molecule has 11 nitrogen and oxygen atoms in total. The molecule has 7 aromatic carbocycles. The van der Waals surface area contributed by atoms with E-state index >= 15 is 4.79 Å². The van der Waals surface area contributed by atoms with E-state index in [1.54, 1.807) is 11.0 Å². The van der Waals surface area contributed by atoms with Gasteiger partial charge < -0.3 is 38.7 Å². The van der Waals surface area contributed by atoms with Crippen LogP contribution in [0.25, 0.3) is 21.5 Å². The molecule has 2 N–H and O–H groups in total. The summed E-state index contributed by atoms with van der Waals surface area (Å²) in [6, 6.07) is 53.7. The van der Waals surface area contributed by atoms with Gasteiger partial charge in [0.15, 0.2) is 0 Å². The Balaban J connectivity index is 1.13. The maximum atomic E-state index is 15.4. The van der Waals surface area contributed by atoms with Gasteiger partial charge in [-0.25, -0.2) is 4.79 Å². The molecule has 0 spiro atoms. The predicted octanol–water partition coefficient (Wildman–Crippen LogP) is 13.5. The molecule has 1 heterocycles. The predicted molar refractivity (Wildman–Crippen MR) is 297 cm³/mol. The van der Waals surface area contributed by atoms with Gasteiger partial charge >= 0.3 is 6.09 Å². The number of aliphatic hydroxyl groups is 2. The summed E-state index contributed by atoms with van der Waals surface area (Å²) >= 11 is 0. The summed E-state index contributed by atoms with van der Waals surface area (Å²) in [5.74, 6) is -0.294. The molecular formula is C65H68N2O9. The third-order valence-electron chi connectivity index (χ3n) is 15.2. The smallest absolute Gasteiger partial charge is 0.410 e. The number of carbonyl (C=O) groups excluding carboxylic acids is 1. The van der Waals surface area contributed by atoms with Crippen molar-refractivity contribution in [1.82, 2.24) is 4.90 Å². The van der Waals surface area contributed by atoms with Gasteiger partial charge in [-0.2, -0.15) is 0 Å². The Morgan fingerprint density at radius 3 is 2.18 bits per heavy atom. The van der Waals surface area contributed by atoms with Crippen molar-refractivity contribution in [2.45, 2.75) is 82.5 Å². The van der Waals surface area contributed by atoms with Crippen LogP contribution in [0.15, 0.2) is 193 Å². The number of amides is 1. The number of nitrogens with zero attached hydrogens (tertiary/aromatic N) is 2. The summed E-state index contributed by atoms with van der Waals surface area (Å²) in [5, 5.41) is 29.6. The van der Waals surface area contributed by atoms with Crippen molar-refractivity contribution in [3.63, 3.8) is 0 Å². The molecule has 6 atom stereocenters. The maximum absolute atomic E-state index is 15.4. The van der Waals surface area contributed by atoms with Crippen LogP contribution in [0.5, 0.6) is 17.2 Å². The van der Waals surface area contributed by atoms with E-state index in [-0.39, 0.29) is 70.4 Å². The molecule has 1 aliphatic heterocycles. The van der Waals surface area contributed by atoms with Gasteiger partial charge in [0.2, 0.25) is 5.79 Å². The number of allylic oxidation sites excluding steroid dienone is 1. The quantitative estimate of drug-likeness (QED) is 0.0345. The summed E-state index contributed by atoms with van der Waals surface area (Å²) in [5.41, 5.74) is 5.49. The molecule has 76 heavy (non-hydrogen) atoms. The Morgan fingerprint density at radius 2 is 1.41 bits per heavy atom. The maximum Gasteiger partial charge on any atom is 0.410 e. The van der Waals surface area contributed by atoms with Gasteiger partial charge in [-0.1, -0.05) is 164 Å². The van der Waals surface area contributed by atoms with Crippen LogP contribution in [0.2, 0.25) is 0 Å². The van der Waals surface area contributed by atoms with E-state index in [0.29, 0.717) is 42.4 Å². The van der Waals surface area contributed by atoms with Crippen LogP contribution in [-0.4, -0.2) is 71.8 Å². The highest BCUT2D eigenvalue weighted by molar-refractivity contribution is 6.03. The minimum atomic E-state index is -1.52. The Kier molecular flexibility index (Phi) is 17.2. The van der Waals surface area contributed by atoms with Crippen molar-refractivity contribution < 1.29 is 43.5 Å². The fourth-order valence-corrected chi connectivity index (χ4v) is 11.8. The number of hydrogen-bond donors (Lipinski definition) is 2. The van der Waals surface area contributed by atoms with Gasteiger partial charge in [-0.3, -0.25) is 4.90 Å². The fourth-order valence-electron chi connectivity index (χ4n) is 11.8. The van der Waals surface area contributed by atoms with Gasteiger partial charge in [-0.05, 0) is 112 Å². The highest BCUT2D eigenvalue weighted by Crippen LogP contribution is 2.62. The average Bonchev–Trinajstić information content (AvgIpc) is 3.47. The van der Waals surface area contributed by atoms with Gasteiger partial charge in [0, 0.05) is 31.1 Å². The zero-order chi connectivity index (χ0) is 52.1. The summed E-state index contributed by atoms with van der Waals surface area (Å²) < 4.78 is 34.0. The number of ether oxygens (including phenoxy) is 5. The Bertz CT molecular complexity index is 3120. The minimum Gasteiger partial charge on any atom is -0.459 e. The lowest BCUT2D eigenvalue weighted by molar-refractivity contribution is -0.256. The van der Waals surface area contributed by atoms with Gasteiger partial charge in [0.1, 0.15) is 36.5 Å². The number of fused-ring (bicyclic) bond motifs is 4. The summed E-state index contributed by atoms with van der Waals surface area (Å²) in [6.07, 6.45) is 8.23. The second kappa shape index (κ2) is 25.0. The third-order valence-corrected chi connectivity index (χ3v) is 15.2. The van der Waals surface area contributed by atoms with Crippen molar-refractivity contribution in [3.05, 3.63) is 210 Å². The largest absolute Gasteiger partial charge is 0.459 e. The molecule has 0 unspecified atom stereocenters. The molecule has 0 aromatic heterocycles. The van der Waals surface area contributed by atoms with Crippen LogP contribution >= 0.6 is 0 Å². The molecule has 7 aromatic rings. The van der Waals surface area contributed by atoms with Gasteiger partial charge in [-0.15, -0.1) is 6.58 Å². The standard InChI is InChI=1S/C65H68N2O9/c1-2-36-73-65-61(67(43-52-27-17-26-49-23-11-12-28-55(49)52)64(70)72-38-37-71-44-46-18-5-3-6-19-46)42-59(66-74-45-47-20-7-4-8-21-47)57-40-51(25-13-15-34-68)56(29-14-16-35-69)62(63(57)65)58-41-54(32-33-60(58)76-65)75-53-31-30-48-22-9-10-24-50(48)39-53/h2-12,17-24,26-28,30-33,39-41,51,56,61-63,68-69H,1,13-16,25,29,34-38,42-45H2/t51-,56+,61-,62+,63+,65+/m0/s1. The topological polar surface area (TPSA) is 129 Å². The summed E-state index contributed by atoms with van der Waals surface area (Å²) in [6.45, 7) is 5.38. The van der Waals surface area contributed by atoms with Crippen LogP contribution in [0.3, 0.4) is 0 Å². The molecule has 10 rings (SSSR count). The number of oxime groups is 1. The molecule has 2 aliphatic carbocycles. The van der Waals surface area contributed by atoms with Crippen molar-refractivity contribution >= 4 is 33.3 Å². The molecule has 1 amide bonds. The highest BCUT2D eigenvalue weighted by atomic mass is 16.7. The number of hydrogen-bond acceptors (Lipinski definition) is 10. The Hall–Kier alpha value is -7.28. The van der Waals surface area contributed by atoms with Crippen LogP contribution in [0, 0.1) is 17.8 Å². The van der Waals surface area contributed by atoms with Crippen LogP contribution in [0.1, 0.15) is 73.1 Å². The van der Waals surface area contributed by atoms with Crippen LogP contribution < -0.4 is 9.47 Å². The van der Waals surface area contributed by atoms with Crippen molar-refractivity contribution in [2.24, 2.45) is 22.9 Å². The SMILES string of the molecule is C=CCO[C@@]12Oc3ccc(Oc4ccc5ccccc5c4)cc3[C@H]3[C@H](CCCCO)[C@@H](CCCCO)C=C(C(=NOCc4ccccc4)C[C@@H]1N(Cc1cccc4ccccc14)C(=O)OCCOCc1ccccc1)[C@H]32. The molecule has 0 saturated heterocycles. The first-order valence-corrected chi connectivity index (χ1v) is 26.9. The normalized spacial score (nSPS) is 21.0. The second-order valence-corrected chi connectivity index (χ2v) is 20.1. The Morgan fingerprint density at radius 1 is 0.724 bits per heavy atom. The fraction of sp³-hybridized carbons (Fsp3) is 0.323. The first-order valence-electron chi connectivity index (χ1n) is 26.9. The highest BCUT2D eigenvalue weighted by Gasteiger charge is 2.66. The van der Waals surface area contributed by atoms with Crippen molar-refractivity contribution in [2.75, 3.05) is 33.0 Å². The lowest BCUT2D eigenvalue weighted by Gasteiger charge is -2.59. The molecule has 3 aliphatic rings. The number of carbonyl (C=O) groups is 1. The zero-order valence-corrected chi connectivity index (χ0v) is 43.1. The molecule has 11 heteroatoms. The number of rotatable bonds is 24. The number of aliphatic hydroxyl groups excluding tert-OH is 2. The van der Waals surface area contributed by atoms with Crippen molar-refractivity contribution in [3.8, 4) is 17.2 Å². The van der Waals surface area contributed by atoms with E-state index in [4.69, 9.17) is 33.7 Å². The summed E-state index contributed by atoms with van der Waals surface area (Å²) in [7, 11) is 0. The van der Waals surface area contributed by atoms with E-state index in [0.717, 1.165) is 75.1 Å². The molecule has 392 valence electrons. The summed E-state index contributed by atoms with van der Waals surface area (Å²) in [4.78, 5) is 23.6. The lowest BCUT2D eigenvalue weighted by atomic mass is 9.55. The first kappa shape index (κ1) is 52.2. The number of benzene rings is 7. The van der Waals surface area contributed by atoms with E-state index in [1.807, 2.05) is 109 Å². The lowest BCUT2D eigenvalue weighted by Crippen LogP contribution is -2.70. The molecule has 1 fully saturated rings. The Labute approximate surface area is 446 Å². The number of unbranched alkanes of at least 4 members (excludes halogenated alkanes) is 2. The van der Waals surface area contributed by atoms with Crippen LogP contribution in [-0.2, 0) is 38.8 Å². The van der Waals surface area contributed by atoms with Gasteiger partial charge in [0.05, 0.1) is 38.0 Å². The monoisotopic (exact) mass is 1020 g/mol. The second-order valence-electron chi connectivity index (χ2n) is 20.1. The van der Waals surface area contributed by atoms with E-state index in [9.17, 15) is 10.2 Å². The van der Waals surface area contributed by atoms with E-state index in [1.165, 1.54) is 0 Å². The van der Waals surface area contributed by atoms with E-state index < -0.39 is 23.8 Å². The minimum absolute atomic E-state index is 0.00902. The van der Waals surface area contributed by atoms with Gasteiger partial charge in [0.25, 0.3) is 0 Å². The first-order chi connectivity index (χ1) is 37.5.